The van der Waals surface area contributed by atoms with Crippen molar-refractivity contribution >= 4 is 17.7 Å². The Balaban J connectivity index is 2.51. The van der Waals surface area contributed by atoms with Crippen LogP contribution in [0.5, 0.6) is 0 Å². The summed E-state index contributed by atoms with van der Waals surface area (Å²) in [7, 11) is 0. The van der Waals surface area contributed by atoms with Crippen molar-refractivity contribution in [2.75, 3.05) is 0 Å². The second kappa shape index (κ2) is 6.80. The lowest BCUT2D eigenvalue weighted by molar-refractivity contribution is -0.124. The molecular weight excluding hydrogens is 244 g/mol. The van der Waals surface area contributed by atoms with Gasteiger partial charge in [-0.2, -0.15) is 11.8 Å². The Morgan fingerprint density at radius 2 is 1.94 bits per heavy atom. The molecule has 3 nitrogen and oxygen atoms in total. The summed E-state index contributed by atoms with van der Waals surface area (Å²) in [5.41, 5.74) is 4.98. The van der Waals surface area contributed by atoms with Crippen molar-refractivity contribution < 1.29 is 4.79 Å². The second-order valence-electron chi connectivity index (χ2n) is 6.05. The topological polar surface area (TPSA) is 55.1 Å². The molecule has 1 aliphatic carbocycles. The second-order valence-corrected chi connectivity index (χ2v) is 7.80. The molecule has 0 saturated heterocycles. The molecule has 1 fully saturated rings. The Kier molecular flexibility index (Phi) is 5.99. The molecule has 3 N–H and O–H groups in total. The largest absolute Gasteiger partial charge is 0.368 e. The standard InChI is InChI=1S/C14H28N2OS/c1-10(2)16-14(4,13(15)17)9-11(3)18-12-7-5-6-8-12/h10-12,16H,5-9H2,1-4H3,(H2,15,17). The number of rotatable bonds is 7. The van der Waals surface area contributed by atoms with E-state index in [0.717, 1.165) is 11.7 Å². The van der Waals surface area contributed by atoms with Gasteiger partial charge in [0.25, 0.3) is 0 Å². The Labute approximate surface area is 116 Å². The lowest BCUT2D eigenvalue weighted by atomic mass is 9.94. The number of amides is 1. The van der Waals surface area contributed by atoms with Gasteiger partial charge in [0.05, 0.1) is 5.54 Å². The fourth-order valence-electron chi connectivity index (χ4n) is 2.84. The van der Waals surface area contributed by atoms with Crippen molar-refractivity contribution in [1.82, 2.24) is 5.32 Å². The van der Waals surface area contributed by atoms with E-state index in [2.05, 4.69) is 26.1 Å². The normalized spacial score (nSPS) is 22.1. The first-order chi connectivity index (χ1) is 8.33. The van der Waals surface area contributed by atoms with E-state index in [1.165, 1.54) is 25.7 Å². The molecule has 0 radical (unpaired) electrons. The molecule has 1 aliphatic rings. The highest BCUT2D eigenvalue weighted by Crippen LogP contribution is 2.34. The van der Waals surface area contributed by atoms with Crippen LogP contribution in [0.3, 0.4) is 0 Å². The number of carbonyl (C=O) groups is 1. The third kappa shape index (κ3) is 4.81. The first kappa shape index (κ1) is 15.8. The van der Waals surface area contributed by atoms with E-state index < -0.39 is 5.54 Å². The number of nitrogens with one attached hydrogen (secondary N) is 1. The van der Waals surface area contributed by atoms with Crippen molar-refractivity contribution in [3.8, 4) is 0 Å². The summed E-state index contributed by atoms with van der Waals surface area (Å²) in [5, 5.41) is 4.58. The zero-order chi connectivity index (χ0) is 13.8. The van der Waals surface area contributed by atoms with Gasteiger partial charge in [-0.05, 0) is 40.0 Å². The maximum absolute atomic E-state index is 11.7. The average Bonchev–Trinajstić information content (AvgIpc) is 2.68. The molecule has 2 unspecified atom stereocenters. The number of hydrogen-bond donors (Lipinski definition) is 2. The molecule has 0 bridgehead atoms. The summed E-state index contributed by atoms with van der Waals surface area (Å²) >= 11 is 2.03. The molecule has 1 saturated carbocycles. The summed E-state index contributed by atoms with van der Waals surface area (Å²) in [6.45, 7) is 8.25. The van der Waals surface area contributed by atoms with Gasteiger partial charge >= 0.3 is 0 Å². The lowest BCUT2D eigenvalue weighted by Gasteiger charge is -2.32. The van der Waals surface area contributed by atoms with E-state index in [4.69, 9.17) is 5.73 Å². The third-order valence-electron chi connectivity index (χ3n) is 3.57. The Bertz CT molecular complexity index is 277. The van der Waals surface area contributed by atoms with Crippen LogP contribution < -0.4 is 11.1 Å². The SMILES string of the molecule is CC(C)NC(C)(CC(C)SC1CCCC1)C(N)=O. The van der Waals surface area contributed by atoms with E-state index >= 15 is 0 Å². The summed E-state index contributed by atoms with van der Waals surface area (Å²) in [6, 6.07) is 0.270. The van der Waals surface area contributed by atoms with Gasteiger partial charge in [0.1, 0.15) is 0 Å². The smallest absolute Gasteiger partial charge is 0.237 e. The fraction of sp³-hybridized carbons (Fsp3) is 0.929. The first-order valence-corrected chi connectivity index (χ1v) is 8.01. The van der Waals surface area contributed by atoms with Crippen molar-refractivity contribution in [1.29, 1.82) is 0 Å². The molecule has 4 heteroatoms. The molecule has 0 aromatic heterocycles. The van der Waals surface area contributed by atoms with Crippen LogP contribution >= 0.6 is 11.8 Å². The van der Waals surface area contributed by atoms with E-state index in [1.807, 2.05) is 18.7 Å². The van der Waals surface area contributed by atoms with Gasteiger partial charge in [-0.15, -0.1) is 0 Å². The molecule has 0 aromatic carbocycles. The van der Waals surface area contributed by atoms with Gasteiger partial charge in [0.2, 0.25) is 5.91 Å². The Morgan fingerprint density at radius 1 is 1.39 bits per heavy atom. The molecule has 2 atom stereocenters. The quantitative estimate of drug-likeness (QED) is 0.749. The molecular formula is C14H28N2OS. The first-order valence-electron chi connectivity index (χ1n) is 7.06. The zero-order valence-electron chi connectivity index (χ0n) is 12.2. The van der Waals surface area contributed by atoms with Crippen molar-refractivity contribution in [2.24, 2.45) is 5.73 Å². The van der Waals surface area contributed by atoms with Crippen LogP contribution in [0.1, 0.15) is 59.8 Å². The molecule has 0 aromatic rings. The lowest BCUT2D eigenvalue weighted by Crippen LogP contribution is -2.56. The minimum absolute atomic E-state index is 0.241. The van der Waals surface area contributed by atoms with Gasteiger partial charge in [-0.25, -0.2) is 0 Å². The zero-order valence-corrected chi connectivity index (χ0v) is 13.0. The maximum atomic E-state index is 11.7. The van der Waals surface area contributed by atoms with Crippen LogP contribution in [0.15, 0.2) is 0 Å². The van der Waals surface area contributed by atoms with Gasteiger partial charge < -0.3 is 11.1 Å². The minimum Gasteiger partial charge on any atom is -0.368 e. The predicted octanol–water partition coefficient (Wildman–Crippen LogP) is 2.68. The van der Waals surface area contributed by atoms with Gasteiger partial charge in [0, 0.05) is 16.5 Å². The minimum atomic E-state index is -0.584. The van der Waals surface area contributed by atoms with Crippen LogP contribution in [-0.2, 0) is 4.79 Å². The molecule has 18 heavy (non-hydrogen) atoms. The summed E-state index contributed by atoms with van der Waals surface area (Å²) in [4.78, 5) is 11.7. The monoisotopic (exact) mass is 272 g/mol. The molecule has 0 heterocycles. The van der Waals surface area contributed by atoms with Crippen LogP contribution in [0, 0.1) is 0 Å². The summed E-state index contributed by atoms with van der Waals surface area (Å²) in [5.74, 6) is -0.241. The van der Waals surface area contributed by atoms with E-state index in [1.54, 1.807) is 0 Å². The number of hydrogen-bond acceptors (Lipinski definition) is 3. The highest BCUT2D eigenvalue weighted by Gasteiger charge is 2.34. The number of primary amides is 1. The highest BCUT2D eigenvalue weighted by molar-refractivity contribution is 8.00. The van der Waals surface area contributed by atoms with Crippen LogP contribution in [-0.4, -0.2) is 28.0 Å². The third-order valence-corrected chi connectivity index (χ3v) is 5.06. The van der Waals surface area contributed by atoms with Crippen LogP contribution in [0.2, 0.25) is 0 Å². The Hall–Kier alpha value is -0.220. The molecule has 1 amide bonds. The van der Waals surface area contributed by atoms with Crippen molar-refractivity contribution in [3.05, 3.63) is 0 Å². The molecule has 0 aliphatic heterocycles. The van der Waals surface area contributed by atoms with Crippen LogP contribution in [0.4, 0.5) is 0 Å². The molecule has 1 rings (SSSR count). The van der Waals surface area contributed by atoms with Crippen molar-refractivity contribution in [2.45, 2.75) is 81.9 Å². The van der Waals surface area contributed by atoms with E-state index in [0.29, 0.717) is 5.25 Å². The predicted molar refractivity (Wildman–Crippen MR) is 79.8 cm³/mol. The van der Waals surface area contributed by atoms with E-state index in [-0.39, 0.29) is 11.9 Å². The highest BCUT2D eigenvalue weighted by atomic mass is 32.2. The van der Waals surface area contributed by atoms with Gasteiger partial charge in [-0.1, -0.05) is 19.8 Å². The van der Waals surface area contributed by atoms with Gasteiger partial charge in [-0.3, -0.25) is 4.79 Å². The number of thioether (sulfide) groups is 1. The molecule has 106 valence electrons. The van der Waals surface area contributed by atoms with E-state index in [9.17, 15) is 4.79 Å². The van der Waals surface area contributed by atoms with Crippen LogP contribution in [0.25, 0.3) is 0 Å². The van der Waals surface area contributed by atoms with Gasteiger partial charge in [0.15, 0.2) is 0 Å². The average molecular weight is 272 g/mol. The summed E-state index contributed by atoms with van der Waals surface area (Å²) in [6.07, 6.45) is 6.20. The number of carbonyl (C=O) groups excluding carboxylic acids is 1. The number of nitrogens with two attached hydrogens (primary N) is 1. The van der Waals surface area contributed by atoms with Crippen molar-refractivity contribution in [3.63, 3.8) is 0 Å². The maximum Gasteiger partial charge on any atom is 0.237 e. The fourth-order valence-corrected chi connectivity index (χ4v) is 4.54. The summed E-state index contributed by atoms with van der Waals surface area (Å²) < 4.78 is 0. The Morgan fingerprint density at radius 3 is 2.39 bits per heavy atom. The molecule has 0 spiro atoms.